The van der Waals surface area contributed by atoms with Crippen molar-refractivity contribution in [3.05, 3.63) is 170 Å². The molecule has 3 heteroatoms. The molecule has 0 heterocycles. The minimum absolute atomic E-state index is 0. The minimum atomic E-state index is 0. The average Bonchev–Trinajstić information content (AvgIpc) is 3.70. The first-order valence-electron chi connectivity index (χ1n) is 15.2. The van der Waals surface area contributed by atoms with Crippen molar-refractivity contribution in [1.29, 1.82) is 0 Å². The molecule has 0 saturated carbocycles. The van der Waals surface area contributed by atoms with Gasteiger partial charge in [-0.25, -0.2) is 0 Å². The van der Waals surface area contributed by atoms with Gasteiger partial charge in [-0.05, 0) is 38.6 Å². The zero-order valence-electron chi connectivity index (χ0n) is 27.7. The standard InChI is InChI=1S/C22H19.C20H14Br.2CH3.Si.Zr/c1-15(2)18-13-17-9-6-12-21(22(17)14-18)20-11-5-8-16-7-3-4-10-19(16)20;1-13-11-18-17(9-10-20(21)19(18)12-13)16-8-4-6-14-5-2-3-7-15(14)16;;;;/h3-15H,1-2H3;2-12H,1H3;2*1H3;;/q4*-1;;. The van der Waals surface area contributed by atoms with Crippen molar-refractivity contribution in [2.45, 2.75) is 26.7 Å². The zero-order chi connectivity index (χ0) is 31.5. The number of benzene rings is 6. The number of halogens is 1. The summed E-state index contributed by atoms with van der Waals surface area (Å²) in [6, 6.07) is 50.5. The summed E-state index contributed by atoms with van der Waals surface area (Å²) in [6.45, 7) is 9.73. The molecule has 0 nitrogen and oxygen atoms in total. The fraction of sp³-hybridized carbons (Fsp3) is 0.0909. The average molecular weight is 767 g/mol. The van der Waals surface area contributed by atoms with E-state index in [9.17, 15) is 0 Å². The van der Waals surface area contributed by atoms with Crippen molar-refractivity contribution in [3.8, 4) is 22.3 Å². The van der Waals surface area contributed by atoms with Gasteiger partial charge in [-0.2, -0.15) is 12.1 Å². The first-order valence-corrected chi connectivity index (χ1v) is 20.2. The van der Waals surface area contributed by atoms with Gasteiger partial charge < -0.3 is 14.9 Å². The van der Waals surface area contributed by atoms with Crippen LogP contribution >= 0.6 is 15.9 Å². The summed E-state index contributed by atoms with van der Waals surface area (Å²) in [6.07, 6.45) is 0. The van der Waals surface area contributed by atoms with Gasteiger partial charge in [0.05, 0.1) is 0 Å². The molecule has 234 valence electrons. The van der Waals surface area contributed by atoms with Gasteiger partial charge in [-0.3, -0.25) is 0 Å². The van der Waals surface area contributed by atoms with Crippen LogP contribution in [0.4, 0.5) is 0 Å². The Morgan fingerprint density at radius 1 is 0.553 bits per heavy atom. The van der Waals surface area contributed by atoms with Crippen molar-refractivity contribution in [3.63, 3.8) is 0 Å². The Bertz CT molecular complexity index is 2260. The van der Waals surface area contributed by atoms with E-state index in [0.29, 0.717) is 5.92 Å². The summed E-state index contributed by atoms with van der Waals surface area (Å²) in [7, 11) is 0. The molecule has 8 aromatic carbocycles. The molecular weight excluding hydrogens is 728 g/mol. The second-order valence-electron chi connectivity index (χ2n) is 11.8. The van der Waals surface area contributed by atoms with Crippen LogP contribution in [0.15, 0.2) is 144 Å². The molecule has 2 radical (unpaired) electrons. The third-order valence-electron chi connectivity index (χ3n) is 8.58. The van der Waals surface area contributed by atoms with Gasteiger partial charge in [-0.1, -0.05) is 139 Å². The number of rotatable bonds is 3. The summed E-state index contributed by atoms with van der Waals surface area (Å²) in [5.74, 6) is 0.563. The Labute approximate surface area is 305 Å². The van der Waals surface area contributed by atoms with Gasteiger partial charge in [0, 0.05) is 0 Å². The maximum atomic E-state index is 3.67. The van der Waals surface area contributed by atoms with Gasteiger partial charge >= 0.3 is 30.2 Å². The van der Waals surface area contributed by atoms with Crippen LogP contribution in [0, 0.1) is 21.8 Å². The van der Waals surface area contributed by atoms with Crippen molar-refractivity contribution < 1.29 is 23.3 Å². The van der Waals surface area contributed by atoms with Crippen LogP contribution < -0.4 is 0 Å². The molecule has 0 aliphatic rings. The van der Waals surface area contributed by atoms with Crippen LogP contribution in [-0.4, -0.2) is 6.88 Å². The molecule has 0 aromatic heterocycles. The molecule has 47 heavy (non-hydrogen) atoms. The molecule has 0 N–H and O–H groups in total. The summed E-state index contributed by atoms with van der Waals surface area (Å²) in [4.78, 5) is 0. The van der Waals surface area contributed by atoms with Gasteiger partial charge in [-0.15, -0.1) is 72.9 Å². The van der Waals surface area contributed by atoms with E-state index in [-0.39, 0.29) is 14.9 Å². The van der Waals surface area contributed by atoms with Crippen molar-refractivity contribution in [1.82, 2.24) is 0 Å². The summed E-state index contributed by atoms with van der Waals surface area (Å²) >= 11 is 5.02. The molecule has 0 aliphatic carbocycles. The fourth-order valence-electron chi connectivity index (χ4n) is 6.39. The maximum absolute atomic E-state index is 3.67. The van der Waals surface area contributed by atoms with Crippen LogP contribution in [0.5, 0.6) is 0 Å². The summed E-state index contributed by atoms with van der Waals surface area (Å²) in [5, 5.41) is 10.5. The Kier molecular flexibility index (Phi) is 12.5. The molecule has 0 atom stereocenters. The van der Waals surface area contributed by atoms with E-state index in [1.165, 1.54) is 99.8 Å². The quantitative estimate of drug-likeness (QED) is 0.124. The van der Waals surface area contributed by atoms with Gasteiger partial charge in [0.15, 0.2) is 0 Å². The second-order valence-corrected chi connectivity index (χ2v) is 12.6. The van der Waals surface area contributed by atoms with Crippen LogP contribution in [0.1, 0.15) is 30.9 Å². The Balaban J connectivity index is 0.000000195. The predicted octanol–water partition coefficient (Wildman–Crippen LogP) is 13.5. The van der Waals surface area contributed by atoms with Gasteiger partial charge in [0.1, 0.15) is 0 Å². The summed E-state index contributed by atoms with van der Waals surface area (Å²) < 4.78 is 1.16. The number of fused-ring (bicyclic) bond motifs is 4. The van der Waals surface area contributed by atoms with E-state index in [2.05, 4.69) is 183 Å². The third kappa shape index (κ3) is 7.39. The van der Waals surface area contributed by atoms with Crippen LogP contribution in [0.25, 0.3) is 65.3 Å². The second kappa shape index (κ2) is 16.2. The molecule has 0 aliphatic heterocycles. The van der Waals surface area contributed by atoms with Crippen LogP contribution in [-0.2, 0) is 23.3 Å². The van der Waals surface area contributed by atoms with Crippen molar-refractivity contribution >= 4 is 65.9 Å². The van der Waals surface area contributed by atoms with E-state index in [1.54, 1.807) is 0 Å². The molecule has 8 aromatic rings. The predicted molar refractivity (Wildman–Crippen MR) is 210 cm³/mol. The van der Waals surface area contributed by atoms with E-state index < -0.39 is 0 Å². The third-order valence-corrected chi connectivity index (χ3v) is 9.27. The number of hydrogen-bond acceptors (Lipinski definition) is 0. The molecule has 8 rings (SSSR count). The van der Waals surface area contributed by atoms with Crippen LogP contribution in [0.2, 0.25) is 0 Å². The molecule has 0 spiro atoms. The van der Waals surface area contributed by atoms with E-state index in [1.807, 2.05) is 0 Å². The number of aryl methyl sites for hydroxylation is 1. The van der Waals surface area contributed by atoms with E-state index in [0.717, 1.165) is 4.47 Å². The van der Waals surface area contributed by atoms with Gasteiger partial charge in [0.25, 0.3) is 0 Å². The Morgan fingerprint density at radius 2 is 1.04 bits per heavy atom. The molecule has 0 bridgehead atoms. The number of hydrogen-bond donors (Lipinski definition) is 0. The van der Waals surface area contributed by atoms with E-state index >= 15 is 0 Å². The molecule has 0 unspecified atom stereocenters. The molecule has 0 saturated heterocycles. The molecule has 0 fully saturated rings. The topological polar surface area (TPSA) is 0 Å². The fourth-order valence-corrected chi connectivity index (χ4v) is 6.85. The first-order chi connectivity index (χ1) is 22.0. The zero-order valence-corrected chi connectivity index (χ0v) is 32.8. The van der Waals surface area contributed by atoms with Crippen LogP contribution in [0.3, 0.4) is 0 Å². The monoisotopic (exact) mass is 764 g/mol. The molecule has 0 amide bonds. The van der Waals surface area contributed by atoms with E-state index in [4.69, 9.17) is 0 Å². The van der Waals surface area contributed by atoms with Crippen molar-refractivity contribution in [2.24, 2.45) is 0 Å². The summed E-state index contributed by atoms with van der Waals surface area (Å²) in [5.41, 5.74) is 7.99. The first kappa shape index (κ1) is 36.5. The van der Waals surface area contributed by atoms with Crippen molar-refractivity contribution in [2.75, 3.05) is 0 Å². The molecular formula is C44H39BrSiZr-4. The van der Waals surface area contributed by atoms with Gasteiger partial charge in [0.2, 0.25) is 0 Å². The Hall–Kier alpha value is -3.36. The Morgan fingerprint density at radius 3 is 1.62 bits per heavy atom. The SMILES string of the molecule is CC(C)c1cc2c(-c3cccc4ccccc34)cccc2[cH-]1.Cc1cc2c(-c3cccc4ccccc34)ccc(Br)c2[cH-]1.[CH3-].[CH3-].[Si]=[Zr]. The normalized spacial score (nSPS) is 10.6.